The third kappa shape index (κ3) is 5.34. The molecule has 1 aliphatic rings. The van der Waals surface area contributed by atoms with Gasteiger partial charge in [-0.3, -0.25) is 0 Å². The highest BCUT2D eigenvalue weighted by Crippen LogP contribution is 2.29. The molecular formula is C25H26FNO5. The summed E-state index contributed by atoms with van der Waals surface area (Å²) in [5.41, 5.74) is 2.31. The summed E-state index contributed by atoms with van der Waals surface area (Å²) in [6.07, 6.45) is 5.50. The van der Waals surface area contributed by atoms with Crippen molar-refractivity contribution in [3.05, 3.63) is 71.4 Å². The van der Waals surface area contributed by atoms with Crippen LogP contribution >= 0.6 is 0 Å². The molecule has 0 spiro atoms. The van der Waals surface area contributed by atoms with Crippen LogP contribution in [0.2, 0.25) is 0 Å². The highest BCUT2D eigenvalue weighted by molar-refractivity contribution is 5.92. The van der Waals surface area contributed by atoms with E-state index in [1.165, 1.54) is 12.1 Å². The van der Waals surface area contributed by atoms with Gasteiger partial charge in [0, 0.05) is 5.56 Å². The van der Waals surface area contributed by atoms with Crippen molar-refractivity contribution in [2.75, 3.05) is 6.61 Å². The van der Waals surface area contributed by atoms with E-state index in [0.717, 1.165) is 25.7 Å². The van der Waals surface area contributed by atoms with Crippen LogP contribution in [0, 0.1) is 18.7 Å². The third-order valence-electron chi connectivity index (χ3n) is 5.77. The van der Waals surface area contributed by atoms with E-state index in [4.69, 9.17) is 13.9 Å². The number of oxazole rings is 1. The summed E-state index contributed by atoms with van der Waals surface area (Å²) in [5, 5.41) is 9.46. The van der Waals surface area contributed by atoms with Crippen LogP contribution in [0.1, 0.15) is 47.3 Å². The van der Waals surface area contributed by atoms with Gasteiger partial charge in [-0.15, -0.1) is 0 Å². The Kier molecular flexibility index (Phi) is 6.85. The number of hydrogen-bond donors (Lipinski definition) is 1. The summed E-state index contributed by atoms with van der Waals surface area (Å²) < 4.78 is 30.6. The van der Waals surface area contributed by atoms with Gasteiger partial charge >= 0.3 is 5.97 Å². The van der Waals surface area contributed by atoms with E-state index >= 15 is 0 Å². The van der Waals surface area contributed by atoms with Crippen LogP contribution in [0.25, 0.3) is 11.5 Å². The van der Waals surface area contributed by atoms with Gasteiger partial charge in [-0.1, -0.05) is 18.6 Å². The maximum absolute atomic E-state index is 13.1. The summed E-state index contributed by atoms with van der Waals surface area (Å²) >= 11 is 0. The zero-order valence-corrected chi connectivity index (χ0v) is 17.9. The normalized spacial score (nSPS) is 18.4. The Morgan fingerprint density at radius 3 is 2.81 bits per heavy atom. The standard InChI is InChI=1S/C25H26FNO5/c1-16-4-2-7-22(23(16)25(28)29)31-13-17-5-3-6-21(12-17)30-14-20-15-32-24(27-20)18-8-10-19(26)11-9-18/h2,4,7-11,15,17,21H,3,5-6,12-14H2,1H3,(H,28,29)/t17-,21+/m0/s1. The maximum atomic E-state index is 13.1. The van der Waals surface area contributed by atoms with E-state index in [1.807, 2.05) is 6.07 Å². The molecule has 6 nitrogen and oxygen atoms in total. The van der Waals surface area contributed by atoms with Crippen molar-refractivity contribution in [1.82, 2.24) is 4.98 Å². The lowest BCUT2D eigenvalue weighted by atomic mass is 9.87. The number of hydrogen-bond acceptors (Lipinski definition) is 5. The highest BCUT2D eigenvalue weighted by Gasteiger charge is 2.24. The molecule has 1 heterocycles. The van der Waals surface area contributed by atoms with E-state index in [2.05, 4.69) is 4.98 Å². The number of rotatable bonds is 8. The van der Waals surface area contributed by atoms with Crippen LogP contribution < -0.4 is 4.74 Å². The van der Waals surface area contributed by atoms with Crippen LogP contribution in [0.3, 0.4) is 0 Å². The number of carboxylic acids is 1. The van der Waals surface area contributed by atoms with Crippen molar-refractivity contribution in [1.29, 1.82) is 0 Å². The number of carbonyl (C=O) groups is 1. The molecule has 0 unspecified atom stereocenters. The molecule has 4 rings (SSSR count). The lowest BCUT2D eigenvalue weighted by molar-refractivity contribution is -0.00578. The molecule has 1 saturated carbocycles. The van der Waals surface area contributed by atoms with Crippen molar-refractivity contribution in [2.24, 2.45) is 5.92 Å². The Morgan fingerprint density at radius 1 is 1.22 bits per heavy atom. The van der Waals surface area contributed by atoms with E-state index in [-0.39, 0.29) is 17.5 Å². The number of aromatic nitrogens is 1. The van der Waals surface area contributed by atoms with Crippen molar-refractivity contribution < 1.29 is 28.2 Å². The molecule has 2 aromatic carbocycles. The summed E-state index contributed by atoms with van der Waals surface area (Å²) in [6, 6.07) is 11.3. The second-order valence-electron chi connectivity index (χ2n) is 8.18. The summed E-state index contributed by atoms with van der Waals surface area (Å²) in [4.78, 5) is 16.0. The third-order valence-corrected chi connectivity index (χ3v) is 5.77. The summed E-state index contributed by atoms with van der Waals surface area (Å²) in [5.74, 6) is -0.137. The van der Waals surface area contributed by atoms with Crippen LogP contribution in [-0.4, -0.2) is 28.8 Å². The molecule has 0 aliphatic heterocycles. The average molecular weight is 439 g/mol. The average Bonchev–Trinajstić information content (AvgIpc) is 3.26. The lowest BCUT2D eigenvalue weighted by Gasteiger charge is -2.29. The number of aryl methyl sites for hydroxylation is 1. The van der Waals surface area contributed by atoms with Crippen LogP contribution in [0.15, 0.2) is 53.1 Å². The van der Waals surface area contributed by atoms with E-state index < -0.39 is 5.97 Å². The van der Waals surface area contributed by atoms with Gasteiger partial charge in [0.25, 0.3) is 0 Å². The van der Waals surface area contributed by atoms with Gasteiger partial charge in [-0.05, 0) is 68.0 Å². The van der Waals surface area contributed by atoms with Gasteiger partial charge in [0.1, 0.15) is 29.1 Å². The molecule has 0 radical (unpaired) electrons. The van der Waals surface area contributed by atoms with Crippen LogP contribution in [0.4, 0.5) is 4.39 Å². The van der Waals surface area contributed by atoms with Crippen LogP contribution in [0.5, 0.6) is 5.75 Å². The Bertz CT molecular complexity index is 1060. The summed E-state index contributed by atoms with van der Waals surface area (Å²) in [6.45, 7) is 2.57. The maximum Gasteiger partial charge on any atom is 0.339 e. The first-order chi connectivity index (χ1) is 15.5. The zero-order chi connectivity index (χ0) is 22.5. The molecule has 7 heteroatoms. The second kappa shape index (κ2) is 9.96. The predicted molar refractivity (Wildman–Crippen MR) is 116 cm³/mol. The molecule has 1 fully saturated rings. The smallest absolute Gasteiger partial charge is 0.339 e. The molecule has 3 aromatic rings. The quantitative estimate of drug-likeness (QED) is 0.489. The second-order valence-corrected chi connectivity index (χ2v) is 8.18. The number of carboxylic acid groups (broad SMARTS) is 1. The Hall–Kier alpha value is -3.19. The minimum atomic E-state index is -0.976. The SMILES string of the molecule is Cc1cccc(OC[C@H]2CCC[C@@H](OCc3coc(-c4ccc(F)cc4)n3)C2)c1C(=O)O. The van der Waals surface area contributed by atoms with Crippen molar-refractivity contribution >= 4 is 5.97 Å². The van der Waals surface area contributed by atoms with Gasteiger partial charge < -0.3 is 19.0 Å². The van der Waals surface area contributed by atoms with Gasteiger partial charge in [-0.2, -0.15) is 0 Å². The fraction of sp³-hybridized carbons (Fsp3) is 0.360. The van der Waals surface area contributed by atoms with Gasteiger partial charge in [0.05, 0.1) is 19.3 Å². The number of ether oxygens (including phenoxy) is 2. The minimum absolute atomic E-state index is 0.0831. The molecule has 0 bridgehead atoms. The van der Waals surface area contributed by atoms with E-state index in [0.29, 0.717) is 47.6 Å². The molecule has 2 atom stereocenters. The monoisotopic (exact) mass is 439 g/mol. The molecule has 1 N–H and O–H groups in total. The summed E-state index contributed by atoms with van der Waals surface area (Å²) in [7, 11) is 0. The van der Waals surface area contributed by atoms with Crippen molar-refractivity contribution in [3.8, 4) is 17.2 Å². The fourth-order valence-electron chi connectivity index (χ4n) is 4.09. The first-order valence-corrected chi connectivity index (χ1v) is 10.8. The molecule has 0 amide bonds. The highest BCUT2D eigenvalue weighted by atomic mass is 19.1. The molecule has 32 heavy (non-hydrogen) atoms. The van der Waals surface area contributed by atoms with Gasteiger partial charge in [0.15, 0.2) is 0 Å². The first-order valence-electron chi connectivity index (χ1n) is 10.8. The molecule has 168 valence electrons. The van der Waals surface area contributed by atoms with Crippen molar-refractivity contribution in [2.45, 2.75) is 45.3 Å². The molecule has 1 aromatic heterocycles. The first kappa shape index (κ1) is 22.0. The fourth-order valence-corrected chi connectivity index (χ4v) is 4.09. The molecule has 0 saturated heterocycles. The van der Waals surface area contributed by atoms with Crippen LogP contribution in [-0.2, 0) is 11.3 Å². The number of halogens is 1. The lowest BCUT2D eigenvalue weighted by Crippen LogP contribution is -2.26. The molecule has 1 aliphatic carbocycles. The van der Waals surface area contributed by atoms with E-state index in [9.17, 15) is 14.3 Å². The number of nitrogens with zero attached hydrogens (tertiary/aromatic N) is 1. The molecular weight excluding hydrogens is 413 g/mol. The van der Waals surface area contributed by atoms with E-state index in [1.54, 1.807) is 37.5 Å². The van der Waals surface area contributed by atoms with Gasteiger partial charge in [-0.25, -0.2) is 14.2 Å². The number of benzene rings is 2. The topological polar surface area (TPSA) is 81.8 Å². The zero-order valence-electron chi connectivity index (χ0n) is 17.9. The van der Waals surface area contributed by atoms with Gasteiger partial charge in [0.2, 0.25) is 5.89 Å². The number of aromatic carboxylic acids is 1. The Balaban J connectivity index is 1.29. The minimum Gasteiger partial charge on any atom is -0.492 e. The largest absolute Gasteiger partial charge is 0.492 e. The van der Waals surface area contributed by atoms with Crippen molar-refractivity contribution in [3.63, 3.8) is 0 Å². The Morgan fingerprint density at radius 2 is 2.03 bits per heavy atom. The predicted octanol–water partition coefficient (Wildman–Crippen LogP) is 5.64. The Labute approximate surface area is 186 Å².